The van der Waals surface area contributed by atoms with E-state index in [2.05, 4.69) is 0 Å². The molecule has 1 heterocycles. The van der Waals surface area contributed by atoms with Crippen LogP contribution in [0.4, 0.5) is 18.9 Å². The first kappa shape index (κ1) is 16.7. The number of alkyl halides is 3. The molecule has 0 spiro atoms. The summed E-state index contributed by atoms with van der Waals surface area (Å²) >= 11 is 0. The largest absolute Gasteiger partial charge is 0.393 e. The van der Waals surface area contributed by atoms with Crippen molar-refractivity contribution in [3.63, 3.8) is 0 Å². The normalized spacial score (nSPS) is 20.8. The summed E-state index contributed by atoms with van der Waals surface area (Å²) in [5.41, 5.74) is -0.642. The van der Waals surface area contributed by atoms with Gasteiger partial charge < -0.3 is 0 Å². The molecule has 1 aliphatic heterocycles. The molecule has 0 unspecified atom stereocenters. The predicted octanol–water partition coefficient (Wildman–Crippen LogP) is 2.56. The monoisotopic (exact) mass is 338 g/mol. The molecular weight excluding hydrogens is 325 g/mol. The minimum atomic E-state index is -4.49. The van der Waals surface area contributed by atoms with Gasteiger partial charge in [0.2, 0.25) is 10.0 Å². The third-order valence-electron chi connectivity index (χ3n) is 3.53. The van der Waals surface area contributed by atoms with Crippen molar-refractivity contribution in [2.24, 2.45) is 5.92 Å². The molecule has 0 radical (unpaired) electrons. The number of nitrogens with zero attached hydrogens (tertiary/aromatic N) is 2. The standard InChI is InChI=1S/C12H13F3N2O4S/c13-12(14,15)9-4-3-7-16(8-9)22(20,21)11-6-2-1-5-10(11)17(18)19/h1-2,5-6,9H,3-4,7-8H2/t9-/m0/s1. The lowest BCUT2D eigenvalue weighted by atomic mass is 9.99. The zero-order chi connectivity index (χ0) is 16.5. The number of hydrogen-bond acceptors (Lipinski definition) is 4. The van der Waals surface area contributed by atoms with Crippen LogP contribution in [0.3, 0.4) is 0 Å². The van der Waals surface area contributed by atoms with Gasteiger partial charge in [-0.15, -0.1) is 0 Å². The van der Waals surface area contributed by atoms with Crippen LogP contribution in [0.15, 0.2) is 29.2 Å². The number of rotatable bonds is 3. The lowest BCUT2D eigenvalue weighted by molar-refractivity contribution is -0.387. The highest BCUT2D eigenvalue weighted by atomic mass is 32.2. The van der Waals surface area contributed by atoms with Gasteiger partial charge in [0, 0.05) is 19.2 Å². The fraction of sp³-hybridized carbons (Fsp3) is 0.500. The SMILES string of the molecule is O=[N+]([O-])c1ccccc1S(=O)(=O)N1CCC[C@H](C(F)(F)F)C1. The van der Waals surface area contributed by atoms with E-state index in [0.29, 0.717) is 4.31 Å². The van der Waals surface area contributed by atoms with E-state index < -0.39 is 44.2 Å². The van der Waals surface area contributed by atoms with Crippen molar-refractivity contribution >= 4 is 15.7 Å². The van der Waals surface area contributed by atoms with Gasteiger partial charge in [-0.3, -0.25) is 10.1 Å². The van der Waals surface area contributed by atoms with Crippen LogP contribution in [0.5, 0.6) is 0 Å². The van der Waals surface area contributed by atoms with Crippen LogP contribution in [0, 0.1) is 16.0 Å². The van der Waals surface area contributed by atoms with E-state index in [1.165, 1.54) is 12.1 Å². The summed E-state index contributed by atoms with van der Waals surface area (Å²) in [7, 11) is -4.34. The number of nitro groups is 1. The van der Waals surface area contributed by atoms with E-state index in [1.807, 2.05) is 0 Å². The summed E-state index contributed by atoms with van der Waals surface area (Å²) in [4.78, 5) is 9.47. The molecule has 2 rings (SSSR count). The van der Waals surface area contributed by atoms with Crippen LogP contribution in [-0.4, -0.2) is 36.9 Å². The maximum Gasteiger partial charge on any atom is 0.393 e. The van der Waals surface area contributed by atoms with Crippen LogP contribution in [0.2, 0.25) is 0 Å². The molecule has 22 heavy (non-hydrogen) atoms. The number of hydrogen-bond donors (Lipinski definition) is 0. The fourth-order valence-corrected chi connectivity index (χ4v) is 4.07. The number of para-hydroxylation sites is 1. The van der Waals surface area contributed by atoms with Gasteiger partial charge in [0.05, 0.1) is 10.8 Å². The maximum atomic E-state index is 12.8. The molecule has 1 aromatic rings. The first-order valence-corrected chi connectivity index (χ1v) is 7.88. The van der Waals surface area contributed by atoms with Gasteiger partial charge in [-0.2, -0.15) is 17.5 Å². The average Bonchev–Trinajstić information content (AvgIpc) is 2.46. The Morgan fingerprint density at radius 1 is 1.27 bits per heavy atom. The highest BCUT2D eigenvalue weighted by Crippen LogP contribution is 2.36. The molecule has 0 amide bonds. The van der Waals surface area contributed by atoms with Gasteiger partial charge in [-0.25, -0.2) is 8.42 Å². The Hall–Kier alpha value is -1.68. The number of nitro benzene ring substituents is 1. The Labute approximate surface area is 124 Å². The molecule has 0 saturated carbocycles. The Morgan fingerprint density at radius 2 is 1.91 bits per heavy atom. The molecule has 10 heteroatoms. The second-order valence-corrected chi connectivity index (χ2v) is 6.88. The molecule has 1 atom stereocenters. The van der Waals surface area contributed by atoms with Crippen LogP contribution in [-0.2, 0) is 10.0 Å². The second kappa shape index (κ2) is 5.84. The summed E-state index contributed by atoms with van der Waals surface area (Å²) in [6.45, 7) is -0.793. The quantitative estimate of drug-likeness (QED) is 0.626. The minimum absolute atomic E-state index is 0.0596. The topological polar surface area (TPSA) is 80.5 Å². The first-order valence-electron chi connectivity index (χ1n) is 6.44. The molecule has 0 bridgehead atoms. The second-order valence-electron chi connectivity index (χ2n) is 4.97. The number of sulfonamides is 1. The van der Waals surface area contributed by atoms with Crippen molar-refractivity contribution in [1.29, 1.82) is 0 Å². The first-order chi connectivity index (χ1) is 10.1. The van der Waals surface area contributed by atoms with E-state index in [0.717, 1.165) is 12.1 Å². The zero-order valence-electron chi connectivity index (χ0n) is 11.3. The van der Waals surface area contributed by atoms with Crippen molar-refractivity contribution in [2.45, 2.75) is 23.9 Å². The van der Waals surface area contributed by atoms with Gasteiger partial charge in [0.15, 0.2) is 4.90 Å². The summed E-state index contributed by atoms with van der Waals surface area (Å²) in [6.07, 6.45) is -4.58. The molecule has 0 aliphatic carbocycles. The average molecular weight is 338 g/mol. The molecule has 0 aromatic heterocycles. The molecule has 1 aliphatic rings. The van der Waals surface area contributed by atoms with E-state index in [1.54, 1.807) is 0 Å². The molecule has 1 fully saturated rings. The zero-order valence-corrected chi connectivity index (χ0v) is 12.1. The Bertz CT molecular complexity index is 675. The van der Waals surface area contributed by atoms with E-state index >= 15 is 0 Å². The highest BCUT2D eigenvalue weighted by molar-refractivity contribution is 7.89. The Kier molecular flexibility index (Phi) is 4.43. The molecule has 122 valence electrons. The molecule has 1 aromatic carbocycles. The number of halogens is 3. The van der Waals surface area contributed by atoms with Gasteiger partial charge in [0.25, 0.3) is 5.69 Å². The number of piperidine rings is 1. The molecule has 6 nitrogen and oxygen atoms in total. The minimum Gasteiger partial charge on any atom is -0.258 e. The summed E-state index contributed by atoms with van der Waals surface area (Å²) in [5.74, 6) is -1.75. The van der Waals surface area contributed by atoms with Gasteiger partial charge in [-0.05, 0) is 18.9 Å². The van der Waals surface area contributed by atoms with Crippen LogP contribution in [0.1, 0.15) is 12.8 Å². The van der Waals surface area contributed by atoms with Gasteiger partial charge in [-0.1, -0.05) is 12.1 Å². The molecule has 0 N–H and O–H groups in total. The summed E-state index contributed by atoms with van der Waals surface area (Å²) in [6, 6.07) is 4.64. The van der Waals surface area contributed by atoms with Crippen molar-refractivity contribution in [3.8, 4) is 0 Å². The van der Waals surface area contributed by atoms with E-state index in [4.69, 9.17) is 0 Å². The van der Waals surface area contributed by atoms with E-state index in [9.17, 15) is 31.7 Å². The maximum absolute atomic E-state index is 12.8. The van der Waals surface area contributed by atoms with Crippen LogP contribution >= 0.6 is 0 Å². The van der Waals surface area contributed by atoms with Crippen LogP contribution < -0.4 is 0 Å². The van der Waals surface area contributed by atoms with Crippen molar-refractivity contribution in [2.75, 3.05) is 13.1 Å². The summed E-state index contributed by atoms with van der Waals surface area (Å²) in [5, 5.41) is 10.9. The molecular formula is C12H13F3N2O4S. The highest BCUT2D eigenvalue weighted by Gasteiger charge is 2.45. The number of benzene rings is 1. The van der Waals surface area contributed by atoms with Gasteiger partial charge in [0.1, 0.15) is 0 Å². The van der Waals surface area contributed by atoms with Crippen molar-refractivity contribution in [3.05, 3.63) is 34.4 Å². The fourth-order valence-electron chi connectivity index (χ4n) is 2.39. The smallest absolute Gasteiger partial charge is 0.258 e. The lowest BCUT2D eigenvalue weighted by Gasteiger charge is -2.32. The predicted molar refractivity (Wildman–Crippen MR) is 70.6 cm³/mol. The van der Waals surface area contributed by atoms with E-state index in [-0.39, 0.29) is 19.4 Å². The third-order valence-corrected chi connectivity index (χ3v) is 5.44. The van der Waals surface area contributed by atoms with Gasteiger partial charge >= 0.3 is 6.18 Å². The Morgan fingerprint density at radius 3 is 2.50 bits per heavy atom. The van der Waals surface area contributed by atoms with Crippen molar-refractivity contribution in [1.82, 2.24) is 4.31 Å². The van der Waals surface area contributed by atoms with Crippen LogP contribution in [0.25, 0.3) is 0 Å². The Balaban J connectivity index is 2.37. The lowest BCUT2D eigenvalue weighted by Crippen LogP contribution is -2.44. The summed E-state index contributed by atoms with van der Waals surface area (Å²) < 4.78 is 63.9. The third kappa shape index (κ3) is 3.22. The van der Waals surface area contributed by atoms with Crippen molar-refractivity contribution < 1.29 is 26.5 Å². The molecule has 1 saturated heterocycles.